The van der Waals surface area contributed by atoms with Crippen molar-refractivity contribution in [3.63, 3.8) is 0 Å². The Kier molecular flexibility index (Phi) is 10.7. The van der Waals surface area contributed by atoms with E-state index in [2.05, 4.69) is 0 Å². The van der Waals surface area contributed by atoms with Gasteiger partial charge in [0.25, 0.3) is 0 Å². The van der Waals surface area contributed by atoms with Crippen LogP contribution in [0.2, 0.25) is 0 Å². The van der Waals surface area contributed by atoms with Crippen molar-refractivity contribution in [3.05, 3.63) is 0 Å². The highest BCUT2D eigenvalue weighted by Gasteiger charge is 2.00. The topological polar surface area (TPSA) is 73.9 Å². The van der Waals surface area contributed by atoms with Crippen molar-refractivity contribution >= 4 is 0 Å². The summed E-state index contributed by atoms with van der Waals surface area (Å²) < 4.78 is 15.2. The predicted octanol–water partition coefficient (Wildman–Crippen LogP) is -0.624. The standard InChI is InChI=1S/C9H21NO4/c1-12-4-5-13-6-7-14-8-9(10)2-3-11/h9,11H,2-8,10H2,1H3. The van der Waals surface area contributed by atoms with E-state index < -0.39 is 0 Å². The number of rotatable bonds is 10. The number of hydrogen-bond donors (Lipinski definition) is 2. The normalized spacial score (nSPS) is 13.1. The van der Waals surface area contributed by atoms with Crippen molar-refractivity contribution < 1.29 is 19.3 Å². The molecule has 0 aliphatic heterocycles. The summed E-state index contributed by atoms with van der Waals surface area (Å²) in [5.74, 6) is 0. The van der Waals surface area contributed by atoms with Gasteiger partial charge in [0.05, 0.1) is 33.0 Å². The average molecular weight is 207 g/mol. The molecule has 3 N–H and O–H groups in total. The van der Waals surface area contributed by atoms with Crippen molar-refractivity contribution in [2.75, 3.05) is 46.8 Å². The molecule has 0 heterocycles. The summed E-state index contributed by atoms with van der Waals surface area (Å²) >= 11 is 0. The molecule has 1 unspecified atom stereocenters. The lowest BCUT2D eigenvalue weighted by Crippen LogP contribution is -2.28. The van der Waals surface area contributed by atoms with Crippen molar-refractivity contribution in [1.29, 1.82) is 0 Å². The smallest absolute Gasteiger partial charge is 0.0701 e. The van der Waals surface area contributed by atoms with E-state index >= 15 is 0 Å². The summed E-state index contributed by atoms with van der Waals surface area (Å²) in [6.45, 7) is 2.84. The van der Waals surface area contributed by atoms with Gasteiger partial charge in [-0.3, -0.25) is 0 Å². The van der Waals surface area contributed by atoms with Crippen molar-refractivity contribution in [3.8, 4) is 0 Å². The van der Waals surface area contributed by atoms with Crippen LogP contribution in [0.15, 0.2) is 0 Å². The van der Waals surface area contributed by atoms with E-state index in [0.717, 1.165) is 0 Å². The number of ether oxygens (including phenoxy) is 3. The zero-order valence-electron chi connectivity index (χ0n) is 8.78. The Hall–Kier alpha value is -0.200. The van der Waals surface area contributed by atoms with E-state index in [4.69, 9.17) is 25.1 Å². The number of methoxy groups -OCH3 is 1. The van der Waals surface area contributed by atoms with Crippen LogP contribution in [0.1, 0.15) is 6.42 Å². The summed E-state index contributed by atoms with van der Waals surface area (Å²) in [4.78, 5) is 0. The van der Waals surface area contributed by atoms with Gasteiger partial charge in [0, 0.05) is 19.8 Å². The highest BCUT2D eigenvalue weighted by molar-refractivity contribution is 4.57. The van der Waals surface area contributed by atoms with Crippen LogP contribution in [-0.4, -0.2) is 57.9 Å². The Balaban J connectivity index is 2.98. The summed E-state index contributed by atoms with van der Waals surface area (Å²) in [5.41, 5.74) is 5.60. The zero-order chi connectivity index (χ0) is 10.6. The van der Waals surface area contributed by atoms with E-state index in [9.17, 15) is 0 Å². The first-order valence-corrected chi connectivity index (χ1v) is 4.82. The second kappa shape index (κ2) is 10.9. The van der Waals surface area contributed by atoms with Crippen molar-refractivity contribution in [2.24, 2.45) is 5.73 Å². The zero-order valence-corrected chi connectivity index (χ0v) is 8.78. The van der Waals surface area contributed by atoms with E-state index in [0.29, 0.717) is 39.5 Å². The van der Waals surface area contributed by atoms with Crippen LogP contribution < -0.4 is 5.73 Å². The third-order valence-electron chi connectivity index (χ3n) is 1.64. The number of hydrogen-bond acceptors (Lipinski definition) is 5. The molecule has 0 saturated carbocycles. The first-order valence-electron chi connectivity index (χ1n) is 4.82. The van der Waals surface area contributed by atoms with Crippen LogP contribution in [0, 0.1) is 0 Å². The third kappa shape index (κ3) is 9.88. The monoisotopic (exact) mass is 207 g/mol. The first-order chi connectivity index (χ1) is 6.81. The second-order valence-electron chi connectivity index (χ2n) is 2.95. The molecule has 0 aromatic rings. The van der Waals surface area contributed by atoms with Gasteiger partial charge < -0.3 is 25.1 Å². The summed E-state index contributed by atoms with van der Waals surface area (Å²) in [6.07, 6.45) is 0.574. The van der Waals surface area contributed by atoms with Gasteiger partial charge in [0.1, 0.15) is 0 Å². The molecule has 0 bridgehead atoms. The minimum Gasteiger partial charge on any atom is -0.396 e. The number of nitrogens with two attached hydrogens (primary N) is 1. The minimum absolute atomic E-state index is 0.0843. The van der Waals surface area contributed by atoms with Gasteiger partial charge in [-0.25, -0.2) is 0 Å². The van der Waals surface area contributed by atoms with Gasteiger partial charge in [-0.1, -0.05) is 0 Å². The van der Waals surface area contributed by atoms with Crippen LogP contribution in [0.3, 0.4) is 0 Å². The van der Waals surface area contributed by atoms with Gasteiger partial charge in [-0.15, -0.1) is 0 Å². The average Bonchev–Trinajstić information content (AvgIpc) is 2.17. The molecular formula is C9H21NO4. The van der Waals surface area contributed by atoms with Crippen molar-refractivity contribution in [2.45, 2.75) is 12.5 Å². The Morgan fingerprint density at radius 1 is 1.14 bits per heavy atom. The Labute approximate surface area is 85.1 Å². The molecular weight excluding hydrogens is 186 g/mol. The predicted molar refractivity (Wildman–Crippen MR) is 53.2 cm³/mol. The number of aliphatic hydroxyl groups is 1. The minimum atomic E-state index is -0.0843. The largest absolute Gasteiger partial charge is 0.396 e. The maximum atomic E-state index is 8.56. The van der Waals surface area contributed by atoms with Gasteiger partial charge in [-0.2, -0.15) is 0 Å². The fourth-order valence-corrected chi connectivity index (χ4v) is 0.846. The van der Waals surface area contributed by atoms with E-state index in [1.807, 2.05) is 0 Å². The SMILES string of the molecule is COCCOCCOCC(N)CCO. The summed E-state index contributed by atoms with van der Waals surface area (Å²) in [5, 5.41) is 8.56. The van der Waals surface area contributed by atoms with Gasteiger partial charge in [0.15, 0.2) is 0 Å². The van der Waals surface area contributed by atoms with Crippen LogP contribution in [-0.2, 0) is 14.2 Å². The molecule has 0 amide bonds. The van der Waals surface area contributed by atoms with Crippen LogP contribution >= 0.6 is 0 Å². The molecule has 0 fully saturated rings. The maximum absolute atomic E-state index is 8.56. The van der Waals surface area contributed by atoms with Crippen molar-refractivity contribution in [1.82, 2.24) is 0 Å². The maximum Gasteiger partial charge on any atom is 0.0701 e. The molecule has 0 rings (SSSR count). The van der Waals surface area contributed by atoms with E-state index in [-0.39, 0.29) is 12.6 Å². The molecule has 0 aromatic heterocycles. The molecule has 5 nitrogen and oxygen atoms in total. The van der Waals surface area contributed by atoms with Gasteiger partial charge in [-0.05, 0) is 6.42 Å². The Morgan fingerprint density at radius 2 is 1.79 bits per heavy atom. The molecule has 14 heavy (non-hydrogen) atoms. The lowest BCUT2D eigenvalue weighted by molar-refractivity contribution is 0.0204. The molecule has 0 aromatic carbocycles. The molecule has 0 radical (unpaired) electrons. The lowest BCUT2D eigenvalue weighted by atomic mass is 10.2. The van der Waals surface area contributed by atoms with Crippen LogP contribution in [0.4, 0.5) is 0 Å². The lowest BCUT2D eigenvalue weighted by Gasteiger charge is -2.10. The molecule has 0 aliphatic carbocycles. The molecule has 0 aliphatic rings. The Bertz CT molecular complexity index is 113. The van der Waals surface area contributed by atoms with Gasteiger partial charge in [0.2, 0.25) is 0 Å². The number of aliphatic hydroxyl groups excluding tert-OH is 1. The fourth-order valence-electron chi connectivity index (χ4n) is 0.846. The third-order valence-corrected chi connectivity index (χ3v) is 1.64. The fraction of sp³-hybridized carbons (Fsp3) is 1.00. The summed E-state index contributed by atoms with van der Waals surface area (Å²) in [6, 6.07) is -0.0843. The van der Waals surface area contributed by atoms with Gasteiger partial charge >= 0.3 is 0 Å². The first kappa shape index (κ1) is 13.8. The molecule has 0 saturated heterocycles. The molecule has 5 heteroatoms. The van der Waals surface area contributed by atoms with E-state index in [1.165, 1.54) is 0 Å². The highest BCUT2D eigenvalue weighted by atomic mass is 16.5. The Morgan fingerprint density at radius 3 is 2.43 bits per heavy atom. The second-order valence-corrected chi connectivity index (χ2v) is 2.95. The molecule has 86 valence electrons. The summed E-state index contributed by atoms with van der Waals surface area (Å²) in [7, 11) is 1.63. The molecule has 1 atom stereocenters. The van der Waals surface area contributed by atoms with E-state index in [1.54, 1.807) is 7.11 Å². The molecule has 0 spiro atoms. The van der Waals surface area contributed by atoms with Crippen LogP contribution in [0.5, 0.6) is 0 Å². The van der Waals surface area contributed by atoms with Crippen LogP contribution in [0.25, 0.3) is 0 Å². The highest BCUT2D eigenvalue weighted by Crippen LogP contribution is 1.88. The quantitative estimate of drug-likeness (QED) is 0.467.